The quantitative estimate of drug-likeness (QED) is 0.378. The maximum Gasteiger partial charge on any atom is 0.291 e. The summed E-state index contributed by atoms with van der Waals surface area (Å²) < 4.78 is 10.4. The van der Waals surface area contributed by atoms with Crippen molar-refractivity contribution in [1.29, 1.82) is 0 Å². The summed E-state index contributed by atoms with van der Waals surface area (Å²) in [6, 6.07) is 15.6. The number of aryl methyl sites for hydroxylation is 1. The molecule has 1 aromatic carbocycles. The molecule has 0 spiro atoms. The summed E-state index contributed by atoms with van der Waals surface area (Å²) in [5.74, 6) is -0.520. The van der Waals surface area contributed by atoms with Crippen LogP contribution in [0.25, 0.3) is 21.7 Å². The maximum absolute atomic E-state index is 13.2. The van der Waals surface area contributed by atoms with Gasteiger partial charge in [-0.2, -0.15) is 0 Å². The maximum atomic E-state index is 13.2. The molecule has 0 saturated carbocycles. The number of pyridine rings is 1. The molecule has 2 amide bonds. The molecule has 4 aromatic heterocycles. The van der Waals surface area contributed by atoms with Crippen molar-refractivity contribution in [3.8, 4) is 10.6 Å². The van der Waals surface area contributed by atoms with E-state index in [0.717, 1.165) is 4.88 Å². The highest BCUT2D eigenvalue weighted by Gasteiger charge is 2.20. The molecular formula is C23H16N4O4S. The highest BCUT2D eigenvalue weighted by molar-refractivity contribution is 7.13. The zero-order valence-electron chi connectivity index (χ0n) is 16.8. The van der Waals surface area contributed by atoms with E-state index in [1.165, 1.54) is 17.6 Å². The molecule has 32 heavy (non-hydrogen) atoms. The molecule has 5 aromatic rings. The fraction of sp³-hybridized carbons (Fsp3) is 0.0435. The Morgan fingerprint density at radius 2 is 1.78 bits per heavy atom. The minimum Gasteiger partial charge on any atom is -0.459 e. The van der Waals surface area contributed by atoms with Crippen molar-refractivity contribution in [1.82, 2.24) is 10.1 Å². The van der Waals surface area contributed by atoms with E-state index < -0.39 is 0 Å². The van der Waals surface area contributed by atoms with Crippen LogP contribution in [-0.4, -0.2) is 22.0 Å². The van der Waals surface area contributed by atoms with E-state index in [-0.39, 0.29) is 17.6 Å². The average molecular weight is 444 g/mol. The Labute approximate surface area is 185 Å². The van der Waals surface area contributed by atoms with Crippen molar-refractivity contribution in [3.05, 3.63) is 83.3 Å². The first kappa shape index (κ1) is 19.7. The third-order valence-corrected chi connectivity index (χ3v) is 5.65. The number of nitrogens with one attached hydrogen (secondary N) is 2. The number of hydrogen-bond acceptors (Lipinski definition) is 7. The molecule has 0 aliphatic heterocycles. The lowest BCUT2D eigenvalue weighted by Crippen LogP contribution is -2.14. The Hall–Kier alpha value is -4.24. The number of anilines is 2. The number of rotatable bonds is 5. The number of furan rings is 1. The lowest BCUT2D eigenvalue weighted by molar-refractivity contribution is 0.0995. The fourth-order valence-corrected chi connectivity index (χ4v) is 3.98. The molecule has 2 N–H and O–H groups in total. The summed E-state index contributed by atoms with van der Waals surface area (Å²) in [7, 11) is 0. The van der Waals surface area contributed by atoms with Gasteiger partial charge in [0, 0.05) is 11.4 Å². The predicted octanol–water partition coefficient (Wildman–Crippen LogP) is 5.36. The van der Waals surface area contributed by atoms with E-state index in [1.54, 1.807) is 49.4 Å². The first-order valence-corrected chi connectivity index (χ1v) is 10.5. The van der Waals surface area contributed by atoms with Crippen LogP contribution in [0.2, 0.25) is 0 Å². The largest absolute Gasteiger partial charge is 0.459 e. The van der Waals surface area contributed by atoms with Gasteiger partial charge in [0.2, 0.25) is 0 Å². The van der Waals surface area contributed by atoms with Gasteiger partial charge < -0.3 is 19.6 Å². The first-order chi connectivity index (χ1) is 15.6. The van der Waals surface area contributed by atoms with E-state index in [9.17, 15) is 9.59 Å². The molecule has 4 heterocycles. The standard InChI is InChI=1S/C23H16N4O4S/c1-13-20-16(12-17(19-8-4-10-32-19)26-23(20)31-27-13)21(28)24-14-5-2-6-15(11-14)25-22(29)18-7-3-9-30-18/h2-12H,1H3,(H,24,28)(H,25,29). The average Bonchev–Trinajstić information content (AvgIpc) is 3.56. The van der Waals surface area contributed by atoms with Gasteiger partial charge in [0.25, 0.3) is 17.5 Å². The molecule has 0 aliphatic rings. The van der Waals surface area contributed by atoms with Crippen LogP contribution in [0.15, 0.2) is 75.2 Å². The van der Waals surface area contributed by atoms with Crippen molar-refractivity contribution in [2.75, 3.05) is 10.6 Å². The molecule has 8 nitrogen and oxygen atoms in total. The first-order valence-electron chi connectivity index (χ1n) is 9.65. The smallest absolute Gasteiger partial charge is 0.291 e. The van der Waals surface area contributed by atoms with Gasteiger partial charge in [-0.15, -0.1) is 11.3 Å². The Bertz CT molecular complexity index is 1420. The molecule has 0 fully saturated rings. The summed E-state index contributed by atoms with van der Waals surface area (Å²) in [6.07, 6.45) is 1.43. The lowest BCUT2D eigenvalue weighted by atomic mass is 10.1. The number of carbonyl (C=O) groups is 2. The lowest BCUT2D eigenvalue weighted by Gasteiger charge is -2.10. The molecule has 0 radical (unpaired) electrons. The van der Waals surface area contributed by atoms with Crippen molar-refractivity contribution >= 4 is 45.6 Å². The van der Waals surface area contributed by atoms with Crippen molar-refractivity contribution < 1.29 is 18.5 Å². The van der Waals surface area contributed by atoms with Crippen LogP contribution in [0.1, 0.15) is 26.6 Å². The second-order valence-electron chi connectivity index (χ2n) is 6.95. The van der Waals surface area contributed by atoms with E-state index in [2.05, 4.69) is 20.8 Å². The van der Waals surface area contributed by atoms with E-state index in [1.807, 2.05) is 17.5 Å². The number of amides is 2. The molecule has 0 aliphatic carbocycles. The Balaban J connectivity index is 1.44. The van der Waals surface area contributed by atoms with Crippen molar-refractivity contribution in [3.63, 3.8) is 0 Å². The number of aromatic nitrogens is 2. The minimum atomic E-state index is -0.380. The monoisotopic (exact) mass is 444 g/mol. The Morgan fingerprint density at radius 3 is 2.50 bits per heavy atom. The van der Waals surface area contributed by atoms with Gasteiger partial charge in [-0.05, 0) is 54.8 Å². The topological polar surface area (TPSA) is 110 Å². The summed E-state index contributed by atoms with van der Waals surface area (Å²) in [6.45, 7) is 1.76. The van der Waals surface area contributed by atoms with Crippen LogP contribution in [0.4, 0.5) is 11.4 Å². The van der Waals surface area contributed by atoms with Gasteiger partial charge in [0.05, 0.1) is 33.5 Å². The number of thiophene rings is 1. The zero-order chi connectivity index (χ0) is 22.1. The third-order valence-electron chi connectivity index (χ3n) is 4.76. The Kier molecular flexibility index (Phi) is 5.00. The summed E-state index contributed by atoms with van der Waals surface area (Å²) in [5, 5.41) is 12.1. The van der Waals surface area contributed by atoms with Gasteiger partial charge in [-0.25, -0.2) is 4.98 Å². The summed E-state index contributed by atoms with van der Waals surface area (Å²) in [5.41, 5.74) is 2.96. The number of hydrogen-bond donors (Lipinski definition) is 2. The number of benzene rings is 1. The van der Waals surface area contributed by atoms with E-state index in [0.29, 0.717) is 39.4 Å². The molecular weight excluding hydrogens is 428 g/mol. The second-order valence-corrected chi connectivity index (χ2v) is 7.89. The number of fused-ring (bicyclic) bond motifs is 1. The van der Waals surface area contributed by atoms with Crippen LogP contribution in [0, 0.1) is 6.92 Å². The molecule has 0 atom stereocenters. The van der Waals surface area contributed by atoms with Crippen LogP contribution in [-0.2, 0) is 0 Å². The van der Waals surface area contributed by atoms with Crippen molar-refractivity contribution in [2.45, 2.75) is 6.92 Å². The molecule has 158 valence electrons. The van der Waals surface area contributed by atoms with Crippen molar-refractivity contribution in [2.24, 2.45) is 0 Å². The summed E-state index contributed by atoms with van der Waals surface area (Å²) >= 11 is 1.52. The minimum absolute atomic E-state index is 0.197. The predicted molar refractivity (Wildman–Crippen MR) is 121 cm³/mol. The number of nitrogens with zero attached hydrogens (tertiary/aromatic N) is 2. The second kappa shape index (κ2) is 8.12. The van der Waals surface area contributed by atoms with Crippen LogP contribution in [0.3, 0.4) is 0 Å². The molecule has 9 heteroatoms. The highest BCUT2D eigenvalue weighted by Crippen LogP contribution is 2.30. The molecule has 0 bridgehead atoms. The van der Waals surface area contributed by atoms with E-state index in [4.69, 9.17) is 8.94 Å². The molecule has 5 rings (SSSR count). The Morgan fingerprint density at radius 1 is 0.969 bits per heavy atom. The van der Waals surface area contributed by atoms with Gasteiger partial charge in [-0.1, -0.05) is 17.3 Å². The van der Waals surface area contributed by atoms with Crippen LogP contribution < -0.4 is 10.6 Å². The number of carbonyl (C=O) groups excluding carboxylic acids is 2. The normalized spacial score (nSPS) is 10.9. The molecule has 0 unspecified atom stereocenters. The SMILES string of the molecule is Cc1noc2nc(-c3cccs3)cc(C(=O)Nc3cccc(NC(=O)c4ccco4)c3)c12. The third kappa shape index (κ3) is 3.77. The zero-order valence-corrected chi connectivity index (χ0v) is 17.6. The van der Waals surface area contributed by atoms with Gasteiger partial charge >= 0.3 is 0 Å². The van der Waals surface area contributed by atoms with Gasteiger partial charge in [-0.3, -0.25) is 9.59 Å². The van der Waals surface area contributed by atoms with Crippen LogP contribution in [0.5, 0.6) is 0 Å². The highest BCUT2D eigenvalue weighted by atomic mass is 32.1. The van der Waals surface area contributed by atoms with Crippen LogP contribution >= 0.6 is 11.3 Å². The summed E-state index contributed by atoms with van der Waals surface area (Å²) in [4.78, 5) is 30.9. The van der Waals surface area contributed by atoms with Gasteiger partial charge in [0.1, 0.15) is 0 Å². The fourth-order valence-electron chi connectivity index (χ4n) is 3.30. The van der Waals surface area contributed by atoms with Gasteiger partial charge in [0.15, 0.2) is 5.76 Å². The van der Waals surface area contributed by atoms with E-state index >= 15 is 0 Å². The molecule has 0 saturated heterocycles.